The fourth-order valence-corrected chi connectivity index (χ4v) is 3.30. The average molecular weight is 386 g/mol. The summed E-state index contributed by atoms with van der Waals surface area (Å²) in [4.78, 5) is 18.6. The van der Waals surface area contributed by atoms with Crippen LogP contribution >= 0.6 is 0 Å². The van der Waals surface area contributed by atoms with Crippen molar-refractivity contribution in [1.82, 2.24) is 9.88 Å². The summed E-state index contributed by atoms with van der Waals surface area (Å²) in [6.07, 6.45) is -4.13. The Bertz CT molecular complexity index is 1020. The highest BCUT2D eigenvalue weighted by molar-refractivity contribution is 5.94. The van der Waals surface area contributed by atoms with Crippen molar-refractivity contribution in [3.05, 3.63) is 71.8 Å². The Labute approximate surface area is 159 Å². The van der Waals surface area contributed by atoms with E-state index in [0.29, 0.717) is 25.4 Å². The Hall–Kier alpha value is -3.09. The van der Waals surface area contributed by atoms with Gasteiger partial charge in [-0.25, -0.2) is 4.98 Å². The van der Waals surface area contributed by atoms with Crippen LogP contribution in [0.25, 0.3) is 10.9 Å². The van der Waals surface area contributed by atoms with E-state index in [9.17, 15) is 18.0 Å². The highest BCUT2D eigenvalue weighted by atomic mass is 19.4. The van der Waals surface area contributed by atoms with E-state index >= 15 is 0 Å². The van der Waals surface area contributed by atoms with Crippen LogP contribution < -0.4 is 4.74 Å². The van der Waals surface area contributed by atoms with Gasteiger partial charge in [0.15, 0.2) is 0 Å². The summed E-state index contributed by atoms with van der Waals surface area (Å²) in [7, 11) is 0. The predicted molar refractivity (Wildman–Crippen MR) is 98.1 cm³/mol. The molecule has 144 valence electrons. The van der Waals surface area contributed by atoms with Crippen molar-refractivity contribution >= 4 is 16.8 Å². The Kier molecular flexibility index (Phi) is 4.66. The molecule has 0 radical (unpaired) electrons. The van der Waals surface area contributed by atoms with Crippen LogP contribution in [-0.4, -0.2) is 35.0 Å². The standard InChI is InChI=1S/C21H17F3N2O2/c22-21(23,24)16-6-3-5-15(12-16)20(27)26-11-10-17(13-26)28-19-9-8-14-4-1-2-7-18(14)25-19/h1-9,12,17H,10-11,13H2/t17-/m1/s1. The number of aromatic nitrogens is 1. The van der Waals surface area contributed by atoms with Crippen LogP contribution in [0, 0.1) is 0 Å². The molecule has 2 heterocycles. The Morgan fingerprint density at radius 3 is 2.71 bits per heavy atom. The maximum Gasteiger partial charge on any atom is 0.416 e. The number of hydrogen-bond donors (Lipinski definition) is 0. The molecule has 1 fully saturated rings. The molecule has 3 aromatic rings. The smallest absolute Gasteiger partial charge is 0.416 e. The summed E-state index contributed by atoms with van der Waals surface area (Å²) >= 11 is 0. The summed E-state index contributed by atoms with van der Waals surface area (Å²) in [5.74, 6) is 0.0424. The summed E-state index contributed by atoms with van der Waals surface area (Å²) in [5.41, 5.74) is 0.0138. The van der Waals surface area contributed by atoms with Crippen LogP contribution in [0.1, 0.15) is 22.3 Å². The molecule has 2 aromatic carbocycles. The maximum atomic E-state index is 12.9. The minimum atomic E-state index is -4.48. The number of carbonyl (C=O) groups excluding carboxylic acids is 1. The number of likely N-dealkylation sites (tertiary alicyclic amines) is 1. The molecule has 1 aliphatic heterocycles. The van der Waals surface area contributed by atoms with Crippen molar-refractivity contribution in [2.45, 2.75) is 18.7 Å². The molecule has 1 aromatic heterocycles. The quantitative estimate of drug-likeness (QED) is 0.663. The molecule has 4 rings (SSSR count). The van der Waals surface area contributed by atoms with Crippen molar-refractivity contribution in [2.75, 3.05) is 13.1 Å². The highest BCUT2D eigenvalue weighted by Crippen LogP contribution is 2.30. The van der Waals surface area contributed by atoms with Gasteiger partial charge in [-0.1, -0.05) is 24.3 Å². The van der Waals surface area contributed by atoms with Crippen LogP contribution in [0.2, 0.25) is 0 Å². The van der Waals surface area contributed by atoms with E-state index in [1.54, 1.807) is 6.07 Å². The molecule has 1 amide bonds. The predicted octanol–water partition coefficient (Wildman–Crippen LogP) is 4.55. The first-order valence-electron chi connectivity index (χ1n) is 8.89. The number of rotatable bonds is 3. The lowest BCUT2D eigenvalue weighted by molar-refractivity contribution is -0.137. The molecule has 0 N–H and O–H groups in total. The number of nitrogens with zero attached hydrogens (tertiary/aromatic N) is 2. The Balaban J connectivity index is 1.44. The number of amides is 1. The van der Waals surface area contributed by atoms with Crippen molar-refractivity contribution in [3.8, 4) is 5.88 Å². The second-order valence-electron chi connectivity index (χ2n) is 6.70. The maximum absolute atomic E-state index is 12.9. The first-order chi connectivity index (χ1) is 13.4. The fourth-order valence-electron chi connectivity index (χ4n) is 3.30. The topological polar surface area (TPSA) is 42.4 Å². The van der Waals surface area contributed by atoms with Gasteiger partial charge in [-0.15, -0.1) is 0 Å². The van der Waals surface area contributed by atoms with E-state index in [4.69, 9.17) is 4.74 Å². The summed E-state index contributed by atoms with van der Waals surface area (Å²) in [6, 6.07) is 15.9. The number of alkyl halides is 3. The molecule has 1 aliphatic rings. The van der Waals surface area contributed by atoms with Gasteiger partial charge in [0.1, 0.15) is 6.10 Å². The zero-order chi connectivity index (χ0) is 19.7. The van der Waals surface area contributed by atoms with E-state index in [1.165, 1.54) is 17.0 Å². The first kappa shape index (κ1) is 18.3. The third-order valence-corrected chi connectivity index (χ3v) is 4.73. The lowest BCUT2D eigenvalue weighted by Crippen LogP contribution is -2.31. The SMILES string of the molecule is O=C(c1cccc(C(F)(F)F)c1)N1CC[C@@H](Oc2ccc3ccccc3n2)C1. The minimum absolute atomic E-state index is 0.0271. The van der Waals surface area contributed by atoms with Crippen LogP contribution in [0.4, 0.5) is 13.2 Å². The Morgan fingerprint density at radius 1 is 1.07 bits per heavy atom. The molecule has 0 unspecified atom stereocenters. The third-order valence-electron chi connectivity index (χ3n) is 4.73. The molecule has 4 nitrogen and oxygen atoms in total. The number of carbonyl (C=O) groups is 1. The van der Waals surface area contributed by atoms with Crippen LogP contribution in [0.3, 0.4) is 0 Å². The van der Waals surface area contributed by atoms with Gasteiger partial charge in [-0.3, -0.25) is 4.79 Å². The van der Waals surface area contributed by atoms with Crippen LogP contribution in [-0.2, 0) is 6.18 Å². The molecule has 1 atom stereocenters. The number of hydrogen-bond acceptors (Lipinski definition) is 3. The van der Waals surface area contributed by atoms with Gasteiger partial charge in [0.05, 0.1) is 17.6 Å². The van der Waals surface area contributed by atoms with Gasteiger partial charge in [-0.05, 0) is 30.3 Å². The van der Waals surface area contributed by atoms with Crippen LogP contribution in [0.5, 0.6) is 5.88 Å². The zero-order valence-corrected chi connectivity index (χ0v) is 14.8. The molecule has 0 saturated carbocycles. The second kappa shape index (κ2) is 7.14. The molecular weight excluding hydrogens is 369 g/mol. The first-order valence-corrected chi connectivity index (χ1v) is 8.89. The van der Waals surface area contributed by atoms with E-state index < -0.39 is 17.6 Å². The number of pyridine rings is 1. The van der Waals surface area contributed by atoms with E-state index in [1.807, 2.05) is 30.3 Å². The van der Waals surface area contributed by atoms with Gasteiger partial charge in [0.25, 0.3) is 5.91 Å². The van der Waals surface area contributed by atoms with Gasteiger partial charge >= 0.3 is 6.18 Å². The van der Waals surface area contributed by atoms with Crippen molar-refractivity contribution in [3.63, 3.8) is 0 Å². The molecule has 0 aliphatic carbocycles. The zero-order valence-electron chi connectivity index (χ0n) is 14.8. The number of fused-ring (bicyclic) bond motifs is 1. The molecule has 1 saturated heterocycles. The lowest BCUT2D eigenvalue weighted by atomic mass is 10.1. The lowest BCUT2D eigenvalue weighted by Gasteiger charge is -2.18. The number of para-hydroxylation sites is 1. The van der Waals surface area contributed by atoms with Gasteiger partial charge < -0.3 is 9.64 Å². The molecule has 0 spiro atoms. The van der Waals surface area contributed by atoms with Gasteiger partial charge in [-0.2, -0.15) is 13.2 Å². The van der Waals surface area contributed by atoms with Crippen molar-refractivity contribution in [2.24, 2.45) is 0 Å². The molecule has 7 heteroatoms. The third kappa shape index (κ3) is 3.78. The van der Waals surface area contributed by atoms with Crippen molar-refractivity contribution < 1.29 is 22.7 Å². The summed E-state index contributed by atoms with van der Waals surface area (Å²) in [5, 5.41) is 1.00. The number of benzene rings is 2. The van der Waals surface area contributed by atoms with Crippen molar-refractivity contribution in [1.29, 1.82) is 0 Å². The number of halogens is 3. The molecular formula is C21H17F3N2O2. The van der Waals surface area contributed by atoms with E-state index in [2.05, 4.69) is 4.98 Å². The van der Waals surface area contributed by atoms with Gasteiger partial charge in [0, 0.05) is 30.0 Å². The number of ether oxygens (including phenoxy) is 1. The molecule has 28 heavy (non-hydrogen) atoms. The molecule has 0 bridgehead atoms. The highest BCUT2D eigenvalue weighted by Gasteiger charge is 2.33. The van der Waals surface area contributed by atoms with E-state index in [0.717, 1.165) is 23.0 Å². The fraction of sp³-hybridized carbons (Fsp3) is 0.238. The largest absolute Gasteiger partial charge is 0.472 e. The summed E-state index contributed by atoms with van der Waals surface area (Å²) < 4.78 is 44.5. The monoisotopic (exact) mass is 386 g/mol. The second-order valence-corrected chi connectivity index (χ2v) is 6.70. The summed E-state index contributed by atoms with van der Waals surface area (Å²) in [6.45, 7) is 0.733. The van der Waals surface area contributed by atoms with Gasteiger partial charge in [0.2, 0.25) is 5.88 Å². The normalized spacial score (nSPS) is 17.1. The Morgan fingerprint density at radius 2 is 1.89 bits per heavy atom. The van der Waals surface area contributed by atoms with E-state index in [-0.39, 0.29) is 11.7 Å². The average Bonchev–Trinajstić information content (AvgIpc) is 3.15. The van der Waals surface area contributed by atoms with Crippen LogP contribution in [0.15, 0.2) is 60.7 Å². The minimum Gasteiger partial charge on any atom is -0.472 e.